The maximum absolute atomic E-state index is 12.5. The molecule has 9 nitrogen and oxygen atoms in total. The number of carbonyl (C=O) groups is 1. The molecule has 144 valence electrons. The van der Waals surface area contributed by atoms with Crippen molar-refractivity contribution in [1.29, 1.82) is 0 Å². The second-order valence-electron chi connectivity index (χ2n) is 6.24. The minimum Gasteiger partial charge on any atom is -0.468 e. The van der Waals surface area contributed by atoms with Crippen molar-refractivity contribution in [2.75, 3.05) is 19.6 Å². The highest BCUT2D eigenvalue weighted by Gasteiger charge is 2.21. The summed E-state index contributed by atoms with van der Waals surface area (Å²) in [5, 5.41) is 7.32. The van der Waals surface area contributed by atoms with Crippen molar-refractivity contribution in [3.8, 4) is 0 Å². The Bertz CT molecular complexity index is 955. The molecule has 27 heavy (non-hydrogen) atoms. The van der Waals surface area contributed by atoms with E-state index in [0.29, 0.717) is 17.6 Å². The summed E-state index contributed by atoms with van der Waals surface area (Å²) in [6.45, 7) is 6.09. The molecule has 0 aliphatic rings. The summed E-state index contributed by atoms with van der Waals surface area (Å²) in [5.41, 5.74) is 0.214. The largest absolute Gasteiger partial charge is 0.468 e. The third kappa shape index (κ3) is 3.92. The van der Waals surface area contributed by atoms with E-state index in [1.165, 1.54) is 21.8 Å². The van der Waals surface area contributed by atoms with Crippen LogP contribution < -0.4 is 10.9 Å². The number of rotatable bonds is 8. The number of hydrogen-bond donors (Lipinski definition) is 1. The van der Waals surface area contributed by atoms with Crippen LogP contribution in [0.3, 0.4) is 0 Å². The molecule has 0 aromatic carbocycles. The van der Waals surface area contributed by atoms with Crippen molar-refractivity contribution >= 4 is 16.9 Å². The zero-order valence-corrected chi connectivity index (χ0v) is 15.8. The minimum atomic E-state index is -0.283. The Balaban J connectivity index is 1.70. The van der Waals surface area contributed by atoms with Gasteiger partial charge in [-0.05, 0) is 25.2 Å². The average Bonchev–Trinajstić information content (AvgIpc) is 3.31. The van der Waals surface area contributed by atoms with Gasteiger partial charge < -0.3 is 9.73 Å². The summed E-state index contributed by atoms with van der Waals surface area (Å²) in [7, 11) is 1.72. The summed E-state index contributed by atoms with van der Waals surface area (Å²) in [5.74, 6) is 0.542. The van der Waals surface area contributed by atoms with Gasteiger partial charge in [-0.25, -0.2) is 4.98 Å². The molecule has 0 spiro atoms. The Morgan fingerprint density at radius 2 is 2.15 bits per heavy atom. The molecule has 0 unspecified atom stereocenters. The zero-order valence-electron chi connectivity index (χ0n) is 15.8. The molecule has 0 aliphatic carbocycles. The van der Waals surface area contributed by atoms with Gasteiger partial charge in [0.25, 0.3) is 5.56 Å². The molecule has 0 fully saturated rings. The van der Waals surface area contributed by atoms with E-state index in [2.05, 4.69) is 34.1 Å². The lowest BCUT2D eigenvalue weighted by molar-refractivity contribution is -0.122. The van der Waals surface area contributed by atoms with Crippen LogP contribution in [0.15, 0.2) is 40.1 Å². The highest BCUT2D eigenvalue weighted by molar-refractivity contribution is 5.77. The van der Waals surface area contributed by atoms with E-state index in [1.807, 2.05) is 12.1 Å². The van der Waals surface area contributed by atoms with Crippen LogP contribution in [0, 0.1) is 0 Å². The highest BCUT2D eigenvalue weighted by Crippen LogP contribution is 2.20. The third-order valence-electron chi connectivity index (χ3n) is 4.65. The van der Waals surface area contributed by atoms with Crippen LogP contribution in [0.25, 0.3) is 11.0 Å². The van der Waals surface area contributed by atoms with Gasteiger partial charge in [0.1, 0.15) is 24.0 Å². The van der Waals surface area contributed by atoms with Crippen LogP contribution in [-0.2, 0) is 18.4 Å². The van der Waals surface area contributed by atoms with Crippen LogP contribution in [0.1, 0.15) is 25.6 Å². The minimum absolute atomic E-state index is 0.0606. The van der Waals surface area contributed by atoms with Crippen LogP contribution in [0.5, 0.6) is 0 Å². The maximum Gasteiger partial charge on any atom is 0.264 e. The lowest BCUT2D eigenvalue weighted by Crippen LogP contribution is -2.40. The number of likely N-dealkylation sites (N-methyl/N-ethyl adjacent to an activating group) is 1. The molecule has 3 rings (SSSR count). The van der Waals surface area contributed by atoms with Crippen molar-refractivity contribution < 1.29 is 9.21 Å². The van der Waals surface area contributed by atoms with Gasteiger partial charge in [0, 0.05) is 13.6 Å². The molecule has 0 aliphatic heterocycles. The first-order chi connectivity index (χ1) is 13.0. The molecule has 0 saturated heterocycles. The first kappa shape index (κ1) is 18.8. The van der Waals surface area contributed by atoms with Gasteiger partial charge in [0.05, 0.1) is 18.5 Å². The molecule has 1 amide bonds. The Kier molecular flexibility index (Phi) is 5.70. The van der Waals surface area contributed by atoms with Crippen LogP contribution in [0.2, 0.25) is 0 Å². The predicted molar refractivity (Wildman–Crippen MR) is 100 cm³/mol. The molecular weight excluding hydrogens is 348 g/mol. The number of aromatic nitrogens is 4. The summed E-state index contributed by atoms with van der Waals surface area (Å²) in [6.07, 6.45) is 4.47. The van der Waals surface area contributed by atoms with Gasteiger partial charge >= 0.3 is 0 Å². The molecule has 9 heteroatoms. The van der Waals surface area contributed by atoms with E-state index >= 15 is 0 Å². The fourth-order valence-corrected chi connectivity index (χ4v) is 3.16. The summed E-state index contributed by atoms with van der Waals surface area (Å²) in [4.78, 5) is 31.3. The van der Waals surface area contributed by atoms with Crippen LogP contribution in [-0.4, -0.2) is 49.8 Å². The average molecular weight is 372 g/mol. The standard InChI is InChI=1S/C18H24N6O3/c1-4-23(5-2)14(15-7-6-8-27-15)10-19-16(25)11-24-12-20-17-13(18(24)26)9-21-22(17)3/h6-9,12,14H,4-5,10-11H2,1-3H3,(H,19,25)/t14-/m0/s1. The first-order valence-corrected chi connectivity index (χ1v) is 8.96. The fraction of sp³-hybridized carbons (Fsp3) is 0.444. The van der Waals surface area contributed by atoms with Crippen molar-refractivity contribution in [2.45, 2.75) is 26.4 Å². The highest BCUT2D eigenvalue weighted by atomic mass is 16.3. The monoisotopic (exact) mass is 372 g/mol. The van der Waals surface area contributed by atoms with E-state index in [4.69, 9.17) is 4.42 Å². The quantitative estimate of drug-likeness (QED) is 0.631. The van der Waals surface area contributed by atoms with Crippen LogP contribution >= 0.6 is 0 Å². The summed E-state index contributed by atoms with van der Waals surface area (Å²) < 4.78 is 8.35. The van der Waals surface area contributed by atoms with Gasteiger partial charge in [0.15, 0.2) is 5.65 Å². The Morgan fingerprint density at radius 1 is 1.37 bits per heavy atom. The predicted octanol–water partition coefficient (Wildman–Crippen LogP) is 0.922. The molecule has 1 N–H and O–H groups in total. The maximum atomic E-state index is 12.5. The molecule has 3 heterocycles. The van der Waals surface area contributed by atoms with Crippen molar-refractivity contribution in [2.24, 2.45) is 7.05 Å². The Morgan fingerprint density at radius 3 is 2.81 bits per heavy atom. The number of amides is 1. The number of hydrogen-bond acceptors (Lipinski definition) is 6. The molecule has 0 radical (unpaired) electrons. The van der Waals surface area contributed by atoms with E-state index in [0.717, 1.165) is 18.8 Å². The normalized spacial score (nSPS) is 12.6. The molecule has 3 aromatic heterocycles. The number of nitrogens with zero attached hydrogens (tertiary/aromatic N) is 5. The SMILES string of the molecule is CCN(CC)[C@@H](CNC(=O)Cn1cnc2c(cnn2C)c1=O)c1ccco1. The van der Waals surface area contributed by atoms with Gasteiger partial charge in [0.2, 0.25) is 5.91 Å². The number of furan rings is 1. The van der Waals surface area contributed by atoms with E-state index in [-0.39, 0.29) is 24.1 Å². The molecule has 3 aromatic rings. The second kappa shape index (κ2) is 8.17. The number of fused-ring (bicyclic) bond motifs is 1. The molecule has 1 atom stereocenters. The number of nitrogens with one attached hydrogen (secondary N) is 1. The summed E-state index contributed by atoms with van der Waals surface area (Å²) >= 11 is 0. The van der Waals surface area contributed by atoms with Crippen molar-refractivity contribution in [3.63, 3.8) is 0 Å². The lowest BCUT2D eigenvalue weighted by atomic mass is 10.2. The second-order valence-corrected chi connectivity index (χ2v) is 6.24. The number of aryl methyl sites for hydroxylation is 1. The molecule has 0 saturated carbocycles. The van der Waals surface area contributed by atoms with Gasteiger partial charge in [-0.15, -0.1) is 0 Å². The van der Waals surface area contributed by atoms with Gasteiger partial charge in [-0.1, -0.05) is 13.8 Å². The van der Waals surface area contributed by atoms with Crippen molar-refractivity contribution in [3.05, 3.63) is 47.0 Å². The van der Waals surface area contributed by atoms with E-state index in [1.54, 1.807) is 13.3 Å². The lowest BCUT2D eigenvalue weighted by Gasteiger charge is -2.28. The van der Waals surface area contributed by atoms with Gasteiger partial charge in [-0.2, -0.15) is 5.10 Å². The fourth-order valence-electron chi connectivity index (χ4n) is 3.16. The zero-order chi connectivity index (χ0) is 19.4. The topological polar surface area (TPSA) is 98.2 Å². The molecular formula is C18H24N6O3. The molecule has 0 bridgehead atoms. The van der Waals surface area contributed by atoms with E-state index < -0.39 is 0 Å². The Hall–Kier alpha value is -2.94. The third-order valence-corrected chi connectivity index (χ3v) is 4.65. The Labute approximate surface area is 156 Å². The smallest absolute Gasteiger partial charge is 0.264 e. The van der Waals surface area contributed by atoms with Gasteiger partial charge in [-0.3, -0.25) is 23.7 Å². The van der Waals surface area contributed by atoms with E-state index in [9.17, 15) is 9.59 Å². The first-order valence-electron chi connectivity index (χ1n) is 8.96. The number of carbonyl (C=O) groups excluding carboxylic acids is 1. The van der Waals surface area contributed by atoms with Crippen molar-refractivity contribution in [1.82, 2.24) is 29.5 Å². The van der Waals surface area contributed by atoms with Crippen LogP contribution in [0.4, 0.5) is 0 Å². The summed E-state index contributed by atoms with van der Waals surface area (Å²) in [6, 6.07) is 3.68.